The van der Waals surface area contributed by atoms with Crippen molar-refractivity contribution in [2.75, 3.05) is 6.54 Å². The summed E-state index contributed by atoms with van der Waals surface area (Å²) in [5.41, 5.74) is 0.741. The van der Waals surface area contributed by atoms with Crippen molar-refractivity contribution in [3.8, 4) is 0 Å². The summed E-state index contributed by atoms with van der Waals surface area (Å²) in [7, 11) is 1.49. The first kappa shape index (κ1) is 15.3. The molecule has 0 unspecified atom stereocenters. The Morgan fingerprint density at radius 3 is 2.35 bits per heavy atom. The van der Waals surface area contributed by atoms with Crippen LogP contribution in [0, 0.1) is 5.41 Å². The molecule has 0 atom stereocenters. The minimum absolute atomic E-state index is 0.000336. The predicted octanol–water partition coefficient (Wildman–Crippen LogP) is 2.92. The molecule has 20 heavy (non-hydrogen) atoms. The number of benzene rings is 1. The molecule has 1 aromatic rings. The lowest BCUT2D eigenvalue weighted by Gasteiger charge is -2.14. The van der Waals surface area contributed by atoms with Crippen LogP contribution in [0.25, 0.3) is 0 Å². The van der Waals surface area contributed by atoms with Crippen molar-refractivity contribution in [2.45, 2.75) is 37.5 Å². The van der Waals surface area contributed by atoms with E-state index >= 15 is 0 Å². The van der Waals surface area contributed by atoms with Gasteiger partial charge in [0, 0.05) is 22.8 Å². The minimum Gasteiger partial charge on any atom is -0.351 e. The predicted molar refractivity (Wildman–Crippen MR) is 78.4 cm³/mol. The molecule has 1 aliphatic rings. The molecule has 0 aliphatic heterocycles. The van der Waals surface area contributed by atoms with Crippen LogP contribution in [0.3, 0.4) is 0 Å². The van der Waals surface area contributed by atoms with Crippen LogP contribution < -0.4 is 5.32 Å². The van der Waals surface area contributed by atoms with E-state index in [4.69, 9.17) is 10.7 Å². The third-order valence-electron chi connectivity index (χ3n) is 3.76. The van der Waals surface area contributed by atoms with Crippen LogP contribution in [0.4, 0.5) is 0 Å². The fourth-order valence-electron chi connectivity index (χ4n) is 2.36. The van der Waals surface area contributed by atoms with E-state index in [0.717, 1.165) is 12.8 Å². The first-order valence-corrected chi connectivity index (χ1v) is 9.00. The largest absolute Gasteiger partial charge is 0.351 e. The average molecular weight is 316 g/mol. The summed E-state index contributed by atoms with van der Waals surface area (Å²) in [6, 6.07) is 5.64. The van der Waals surface area contributed by atoms with E-state index in [1.165, 1.54) is 37.1 Å². The zero-order chi connectivity index (χ0) is 14.8. The molecule has 1 aliphatic carbocycles. The molecular formula is C14H18ClNO3S. The standard InChI is InChI=1S/C14H18ClNO3S/c1-2-7-14(8-9-14)10-16-13(17)11-3-5-12(6-4-11)20(15,18)19/h3-6H,2,7-10H2,1H3,(H,16,17). The maximum Gasteiger partial charge on any atom is 0.261 e. The molecule has 4 nitrogen and oxygen atoms in total. The van der Waals surface area contributed by atoms with Gasteiger partial charge in [0.05, 0.1) is 4.90 Å². The van der Waals surface area contributed by atoms with Gasteiger partial charge < -0.3 is 5.32 Å². The van der Waals surface area contributed by atoms with Crippen LogP contribution in [0.15, 0.2) is 29.2 Å². The molecule has 0 heterocycles. The van der Waals surface area contributed by atoms with Gasteiger partial charge in [-0.25, -0.2) is 8.42 Å². The van der Waals surface area contributed by atoms with Crippen molar-refractivity contribution >= 4 is 25.6 Å². The minimum atomic E-state index is -3.74. The summed E-state index contributed by atoms with van der Waals surface area (Å²) < 4.78 is 22.2. The average Bonchev–Trinajstić information content (AvgIpc) is 3.16. The molecule has 1 N–H and O–H groups in total. The van der Waals surface area contributed by atoms with Gasteiger partial charge in [-0.2, -0.15) is 0 Å². The summed E-state index contributed by atoms with van der Waals surface area (Å²) in [6.45, 7) is 2.84. The smallest absolute Gasteiger partial charge is 0.261 e. The summed E-state index contributed by atoms with van der Waals surface area (Å²) in [6.07, 6.45) is 4.60. The number of hydrogen-bond donors (Lipinski definition) is 1. The van der Waals surface area contributed by atoms with E-state index in [-0.39, 0.29) is 10.8 Å². The number of carbonyl (C=O) groups excluding carboxylic acids is 1. The quantitative estimate of drug-likeness (QED) is 0.821. The summed E-state index contributed by atoms with van der Waals surface area (Å²) >= 11 is 0. The van der Waals surface area contributed by atoms with E-state index in [9.17, 15) is 13.2 Å². The Kier molecular flexibility index (Phi) is 4.39. The molecule has 2 rings (SSSR count). The maximum absolute atomic E-state index is 12.0. The topological polar surface area (TPSA) is 63.2 Å². The second kappa shape index (κ2) is 5.74. The summed E-state index contributed by atoms with van der Waals surface area (Å²) in [5.74, 6) is -0.175. The van der Waals surface area contributed by atoms with Crippen molar-refractivity contribution < 1.29 is 13.2 Å². The Bertz CT molecular complexity index is 591. The van der Waals surface area contributed by atoms with Crippen LogP contribution >= 0.6 is 10.7 Å². The molecule has 0 aromatic heterocycles. The highest BCUT2D eigenvalue weighted by Crippen LogP contribution is 2.48. The Balaban J connectivity index is 1.96. The lowest BCUT2D eigenvalue weighted by Crippen LogP contribution is -2.30. The van der Waals surface area contributed by atoms with Gasteiger partial charge in [-0.15, -0.1) is 0 Å². The van der Waals surface area contributed by atoms with Crippen molar-refractivity contribution in [2.24, 2.45) is 5.41 Å². The van der Waals surface area contributed by atoms with Gasteiger partial charge in [-0.1, -0.05) is 13.3 Å². The first-order valence-electron chi connectivity index (χ1n) is 6.69. The lowest BCUT2D eigenvalue weighted by molar-refractivity contribution is 0.0943. The van der Waals surface area contributed by atoms with Crippen molar-refractivity contribution in [3.05, 3.63) is 29.8 Å². The third kappa shape index (κ3) is 3.73. The van der Waals surface area contributed by atoms with Crippen molar-refractivity contribution in [1.29, 1.82) is 0 Å². The SMILES string of the molecule is CCCC1(CNC(=O)c2ccc(S(=O)(=O)Cl)cc2)CC1. The Morgan fingerprint density at radius 1 is 1.30 bits per heavy atom. The Morgan fingerprint density at radius 2 is 1.90 bits per heavy atom. The molecule has 0 spiro atoms. The summed E-state index contributed by atoms with van der Waals surface area (Å²) in [5, 5.41) is 2.92. The van der Waals surface area contributed by atoms with Crippen LogP contribution in [-0.2, 0) is 9.05 Å². The maximum atomic E-state index is 12.0. The van der Waals surface area contributed by atoms with Crippen LogP contribution in [0.1, 0.15) is 43.0 Å². The monoisotopic (exact) mass is 315 g/mol. The number of carbonyl (C=O) groups is 1. The van der Waals surface area contributed by atoms with Crippen LogP contribution in [0.5, 0.6) is 0 Å². The number of nitrogens with one attached hydrogen (secondary N) is 1. The van der Waals surface area contributed by atoms with E-state index < -0.39 is 9.05 Å². The number of halogens is 1. The molecule has 0 saturated heterocycles. The Hall–Kier alpha value is -1.07. The zero-order valence-corrected chi connectivity index (χ0v) is 12.9. The number of rotatable bonds is 6. The van der Waals surface area contributed by atoms with Crippen LogP contribution in [-0.4, -0.2) is 20.9 Å². The zero-order valence-electron chi connectivity index (χ0n) is 11.4. The van der Waals surface area contributed by atoms with E-state index in [1.807, 2.05) is 0 Å². The highest BCUT2D eigenvalue weighted by Gasteiger charge is 2.41. The van der Waals surface area contributed by atoms with E-state index in [2.05, 4.69) is 12.2 Å². The van der Waals surface area contributed by atoms with Gasteiger partial charge in [-0.3, -0.25) is 4.79 Å². The van der Waals surface area contributed by atoms with Gasteiger partial charge in [0.15, 0.2) is 0 Å². The second-order valence-corrected chi connectivity index (χ2v) is 7.96. The Labute approximate surface area is 123 Å². The molecule has 1 amide bonds. The molecule has 0 radical (unpaired) electrons. The van der Waals surface area contributed by atoms with Gasteiger partial charge in [0.25, 0.3) is 15.0 Å². The second-order valence-electron chi connectivity index (χ2n) is 5.39. The third-order valence-corrected chi connectivity index (χ3v) is 5.13. The highest BCUT2D eigenvalue weighted by atomic mass is 35.7. The van der Waals surface area contributed by atoms with Crippen LogP contribution in [0.2, 0.25) is 0 Å². The molecule has 6 heteroatoms. The first-order chi connectivity index (χ1) is 9.36. The number of hydrogen-bond acceptors (Lipinski definition) is 3. The molecular weight excluding hydrogens is 298 g/mol. The van der Waals surface area contributed by atoms with Gasteiger partial charge in [-0.05, 0) is 48.9 Å². The molecule has 0 bridgehead atoms. The van der Waals surface area contributed by atoms with Gasteiger partial charge in [0.2, 0.25) is 0 Å². The fourth-order valence-corrected chi connectivity index (χ4v) is 3.13. The van der Waals surface area contributed by atoms with Crippen molar-refractivity contribution in [3.63, 3.8) is 0 Å². The lowest BCUT2D eigenvalue weighted by atomic mass is 10.0. The highest BCUT2D eigenvalue weighted by molar-refractivity contribution is 8.13. The van der Waals surface area contributed by atoms with E-state index in [0.29, 0.717) is 17.5 Å². The van der Waals surface area contributed by atoms with Gasteiger partial charge in [0.1, 0.15) is 0 Å². The molecule has 110 valence electrons. The normalized spacial score (nSPS) is 16.7. The fraction of sp³-hybridized carbons (Fsp3) is 0.500. The summed E-state index contributed by atoms with van der Waals surface area (Å²) in [4.78, 5) is 12.0. The van der Waals surface area contributed by atoms with Crippen molar-refractivity contribution in [1.82, 2.24) is 5.32 Å². The van der Waals surface area contributed by atoms with Gasteiger partial charge >= 0.3 is 0 Å². The molecule has 1 saturated carbocycles. The number of amides is 1. The molecule has 1 fully saturated rings. The molecule has 1 aromatic carbocycles. The van der Waals surface area contributed by atoms with E-state index in [1.54, 1.807) is 0 Å².